The summed E-state index contributed by atoms with van der Waals surface area (Å²) in [4.78, 5) is 10.8. The molecular formula is C13H16O2. The van der Waals surface area contributed by atoms with E-state index in [1.54, 1.807) is 0 Å². The number of benzene rings is 1. The lowest BCUT2D eigenvalue weighted by atomic mass is 9.79. The van der Waals surface area contributed by atoms with Crippen molar-refractivity contribution in [1.29, 1.82) is 0 Å². The van der Waals surface area contributed by atoms with Crippen molar-refractivity contribution < 1.29 is 9.90 Å². The molecule has 1 unspecified atom stereocenters. The molecule has 1 atom stereocenters. The van der Waals surface area contributed by atoms with Gasteiger partial charge in [-0.25, -0.2) is 0 Å². The molecule has 1 aromatic rings. The molecule has 0 aliphatic heterocycles. The second kappa shape index (κ2) is 4.05. The monoisotopic (exact) mass is 204 g/mol. The van der Waals surface area contributed by atoms with Crippen molar-refractivity contribution in [1.82, 2.24) is 0 Å². The number of rotatable bonds is 2. The van der Waals surface area contributed by atoms with Gasteiger partial charge in [-0.15, -0.1) is 0 Å². The second-order valence-corrected chi connectivity index (χ2v) is 4.33. The third kappa shape index (κ3) is 2.04. The van der Waals surface area contributed by atoms with Crippen LogP contribution in [0.1, 0.15) is 41.9 Å². The lowest BCUT2D eigenvalue weighted by molar-refractivity contribution is -0.137. The second-order valence-electron chi connectivity index (χ2n) is 4.33. The molecule has 0 bridgehead atoms. The minimum Gasteiger partial charge on any atom is -0.481 e. The maximum absolute atomic E-state index is 10.8. The largest absolute Gasteiger partial charge is 0.481 e. The highest BCUT2D eigenvalue weighted by Gasteiger charge is 2.22. The predicted molar refractivity (Wildman–Crippen MR) is 59.1 cm³/mol. The van der Waals surface area contributed by atoms with Crippen LogP contribution in [-0.2, 0) is 11.2 Å². The van der Waals surface area contributed by atoms with Gasteiger partial charge in [0.2, 0.25) is 0 Å². The zero-order chi connectivity index (χ0) is 10.8. The van der Waals surface area contributed by atoms with Crippen LogP contribution in [-0.4, -0.2) is 11.1 Å². The Bertz CT molecular complexity index is 382. The van der Waals surface area contributed by atoms with Crippen LogP contribution in [0.5, 0.6) is 0 Å². The molecular weight excluding hydrogens is 188 g/mol. The quantitative estimate of drug-likeness (QED) is 0.804. The van der Waals surface area contributed by atoms with E-state index in [-0.39, 0.29) is 12.3 Å². The Morgan fingerprint density at radius 3 is 3.07 bits per heavy atom. The first-order chi connectivity index (χ1) is 7.18. The van der Waals surface area contributed by atoms with Crippen molar-refractivity contribution in [2.75, 3.05) is 0 Å². The fraction of sp³-hybridized carbons (Fsp3) is 0.462. The molecule has 0 radical (unpaired) electrons. The molecule has 1 aliphatic carbocycles. The number of aryl methyl sites for hydroxylation is 1. The Balaban J connectivity index is 2.34. The highest BCUT2D eigenvalue weighted by molar-refractivity contribution is 5.68. The van der Waals surface area contributed by atoms with Crippen LogP contribution in [0.15, 0.2) is 18.2 Å². The maximum atomic E-state index is 10.8. The lowest BCUT2D eigenvalue weighted by Gasteiger charge is -2.25. The van der Waals surface area contributed by atoms with Gasteiger partial charge in [-0.2, -0.15) is 0 Å². The molecule has 0 saturated heterocycles. The summed E-state index contributed by atoms with van der Waals surface area (Å²) in [6, 6.07) is 6.24. The van der Waals surface area contributed by atoms with Gasteiger partial charge >= 0.3 is 5.97 Å². The Labute approximate surface area is 89.9 Å². The third-order valence-corrected chi connectivity index (χ3v) is 3.29. The van der Waals surface area contributed by atoms with Crippen molar-refractivity contribution >= 4 is 5.97 Å². The molecule has 80 valence electrons. The normalized spacial score (nSPS) is 19.7. The van der Waals surface area contributed by atoms with Crippen LogP contribution in [0, 0.1) is 6.92 Å². The minimum absolute atomic E-state index is 0.228. The molecule has 1 aliphatic rings. The third-order valence-electron chi connectivity index (χ3n) is 3.29. The van der Waals surface area contributed by atoms with Gasteiger partial charge in [0.15, 0.2) is 0 Å². The number of hydrogen-bond donors (Lipinski definition) is 1. The summed E-state index contributed by atoms with van der Waals surface area (Å²) in [5, 5.41) is 8.86. The van der Waals surface area contributed by atoms with Crippen molar-refractivity contribution in [3.05, 3.63) is 34.9 Å². The highest BCUT2D eigenvalue weighted by Crippen LogP contribution is 2.35. The van der Waals surface area contributed by atoms with Gasteiger partial charge in [-0.05, 0) is 48.8 Å². The van der Waals surface area contributed by atoms with Crippen molar-refractivity contribution in [3.8, 4) is 0 Å². The van der Waals surface area contributed by atoms with Gasteiger partial charge in [0, 0.05) is 0 Å². The fourth-order valence-corrected chi connectivity index (χ4v) is 2.55. The molecule has 15 heavy (non-hydrogen) atoms. The first kappa shape index (κ1) is 10.2. The molecule has 0 aromatic heterocycles. The number of carboxylic acids is 1. The van der Waals surface area contributed by atoms with E-state index in [0.717, 1.165) is 19.3 Å². The summed E-state index contributed by atoms with van der Waals surface area (Å²) in [5.74, 6) is -0.458. The van der Waals surface area contributed by atoms with Gasteiger partial charge in [0.05, 0.1) is 6.42 Å². The zero-order valence-electron chi connectivity index (χ0n) is 8.99. The van der Waals surface area contributed by atoms with Gasteiger partial charge in [0.25, 0.3) is 0 Å². The topological polar surface area (TPSA) is 37.3 Å². The van der Waals surface area contributed by atoms with Gasteiger partial charge in [-0.1, -0.05) is 18.2 Å². The summed E-state index contributed by atoms with van der Waals surface area (Å²) in [6.45, 7) is 2.11. The van der Waals surface area contributed by atoms with E-state index in [1.165, 1.54) is 16.7 Å². The standard InChI is InChI=1S/C13H16O2/c1-9-4-2-7-12-10(8-13(14)15)5-3-6-11(9)12/h2,4,7,10H,3,5-6,8H2,1H3,(H,14,15). The average molecular weight is 204 g/mol. The fourth-order valence-electron chi connectivity index (χ4n) is 2.55. The molecule has 2 nitrogen and oxygen atoms in total. The highest BCUT2D eigenvalue weighted by atomic mass is 16.4. The number of hydrogen-bond acceptors (Lipinski definition) is 1. The molecule has 0 saturated carbocycles. The number of carbonyl (C=O) groups is 1. The molecule has 0 spiro atoms. The molecule has 1 N–H and O–H groups in total. The van der Waals surface area contributed by atoms with Gasteiger partial charge < -0.3 is 5.11 Å². The minimum atomic E-state index is -0.686. The van der Waals surface area contributed by atoms with Gasteiger partial charge in [-0.3, -0.25) is 4.79 Å². The van der Waals surface area contributed by atoms with E-state index in [0.29, 0.717) is 0 Å². The summed E-state index contributed by atoms with van der Waals surface area (Å²) >= 11 is 0. The van der Waals surface area contributed by atoms with Crippen LogP contribution in [0.25, 0.3) is 0 Å². The Hall–Kier alpha value is -1.31. The van der Waals surface area contributed by atoms with E-state index in [9.17, 15) is 4.79 Å². The Morgan fingerprint density at radius 1 is 1.53 bits per heavy atom. The first-order valence-electron chi connectivity index (χ1n) is 5.48. The SMILES string of the molecule is Cc1cccc2c1CCCC2CC(=O)O. The van der Waals surface area contributed by atoms with E-state index < -0.39 is 5.97 Å². The summed E-state index contributed by atoms with van der Waals surface area (Å²) in [6.07, 6.45) is 3.52. The molecule has 0 heterocycles. The zero-order valence-corrected chi connectivity index (χ0v) is 8.99. The summed E-state index contributed by atoms with van der Waals surface area (Å²) < 4.78 is 0. The maximum Gasteiger partial charge on any atom is 0.303 e. The summed E-state index contributed by atoms with van der Waals surface area (Å²) in [5.41, 5.74) is 3.96. The molecule has 0 amide bonds. The lowest BCUT2D eigenvalue weighted by Crippen LogP contribution is -2.14. The van der Waals surface area contributed by atoms with Crippen molar-refractivity contribution in [2.24, 2.45) is 0 Å². The number of carboxylic acid groups (broad SMARTS) is 1. The molecule has 2 rings (SSSR count). The van der Waals surface area contributed by atoms with Crippen molar-refractivity contribution in [3.63, 3.8) is 0 Å². The van der Waals surface area contributed by atoms with Crippen LogP contribution < -0.4 is 0 Å². The van der Waals surface area contributed by atoms with E-state index in [1.807, 2.05) is 6.07 Å². The smallest absolute Gasteiger partial charge is 0.303 e. The average Bonchev–Trinajstić information content (AvgIpc) is 2.19. The molecule has 0 fully saturated rings. The van der Waals surface area contributed by atoms with Gasteiger partial charge in [0.1, 0.15) is 0 Å². The summed E-state index contributed by atoms with van der Waals surface area (Å²) in [7, 11) is 0. The van der Waals surface area contributed by atoms with Crippen LogP contribution >= 0.6 is 0 Å². The molecule has 1 aromatic carbocycles. The molecule has 2 heteroatoms. The van der Waals surface area contributed by atoms with E-state index in [4.69, 9.17) is 5.11 Å². The van der Waals surface area contributed by atoms with Crippen LogP contribution in [0.4, 0.5) is 0 Å². The van der Waals surface area contributed by atoms with E-state index in [2.05, 4.69) is 19.1 Å². The number of aliphatic carboxylic acids is 1. The van der Waals surface area contributed by atoms with Crippen molar-refractivity contribution in [2.45, 2.75) is 38.5 Å². The van der Waals surface area contributed by atoms with E-state index >= 15 is 0 Å². The van der Waals surface area contributed by atoms with Crippen LogP contribution in [0.2, 0.25) is 0 Å². The Morgan fingerprint density at radius 2 is 2.33 bits per heavy atom. The predicted octanol–water partition coefficient (Wildman–Crippen LogP) is 2.89. The Kier molecular flexibility index (Phi) is 2.76. The number of fused-ring (bicyclic) bond motifs is 1. The van der Waals surface area contributed by atoms with Crippen LogP contribution in [0.3, 0.4) is 0 Å². The first-order valence-corrected chi connectivity index (χ1v) is 5.48.